The van der Waals surface area contributed by atoms with Gasteiger partial charge in [-0.25, -0.2) is 0 Å². The molecule has 2 aliphatic rings. The summed E-state index contributed by atoms with van der Waals surface area (Å²) in [6, 6.07) is 11.3. The van der Waals surface area contributed by atoms with E-state index in [2.05, 4.69) is 35.6 Å². The smallest absolute Gasteiger partial charge is 0.0472 e. The van der Waals surface area contributed by atoms with Gasteiger partial charge in [-0.05, 0) is 43.2 Å². The van der Waals surface area contributed by atoms with Crippen LogP contribution in [0.4, 0.5) is 5.69 Å². The minimum absolute atomic E-state index is 0.508. The summed E-state index contributed by atoms with van der Waals surface area (Å²) in [4.78, 5) is 0. The summed E-state index contributed by atoms with van der Waals surface area (Å²) in [7, 11) is 0. The normalized spacial score (nSPS) is 27.2. The maximum absolute atomic E-state index is 5.53. The maximum Gasteiger partial charge on any atom is 0.0472 e. The topological polar surface area (TPSA) is 21.3 Å². The Morgan fingerprint density at radius 1 is 1.06 bits per heavy atom. The van der Waals surface area contributed by atoms with Crippen LogP contribution in [0.25, 0.3) is 0 Å². The Bertz CT molecular complexity index is 356. The molecule has 0 bridgehead atoms. The van der Waals surface area contributed by atoms with Crippen LogP contribution in [0.2, 0.25) is 0 Å². The van der Waals surface area contributed by atoms with Crippen LogP contribution in [0.3, 0.4) is 0 Å². The van der Waals surface area contributed by atoms with Gasteiger partial charge in [-0.2, -0.15) is 0 Å². The lowest BCUT2D eigenvalue weighted by Crippen LogP contribution is -2.40. The standard InChI is InChI=1S/C15H21NO/c1-2-5-13(6-3-1)16-14-7-4-8-15(14)9-11-17-12-10-15/h1-3,5-6,14,16H,4,7-12H2. The number of anilines is 1. The van der Waals surface area contributed by atoms with Crippen LogP contribution >= 0.6 is 0 Å². The van der Waals surface area contributed by atoms with Crippen molar-refractivity contribution >= 4 is 5.69 Å². The lowest BCUT2D eigenvalue weighted by Gasteiger charge is -2.39. The first-order chi connectivity index (χ1) is 8.39. The fourth-order valence-electron chi connectivity index (χ4n) is 3.48. The van der Waals surface area contributed by atoms with Gasteiger partial charge in [0.25, 0.3) is 0 Å². The minimum Gasteiger partial charge on any atom is -0.382 e. The van der Waals surface area contributed by atoms with Crippen molar-refractivity contribution < 1.29 is 4.74 Å². The van der Waals surface area contributed by atoms with E-state index in [4.69, 9.17) is 4.74 Å². The average Bonchev–Trinajstić information content (AvgIpc) is 2.74. The summed E-state index contributed by atoms with van der Waals surface area (Å²) >= 11 is 0. The number of nitrogens with one attached hydrogen (secondary N) is 1. The first kappa shape index (κ1) is 11.1. The van der Waals surface area contributed by atoms with Crippen molar-refractivity contribution in [1.82, 2.24) is 0 Å². The van der Waals surface area contributed by atoms with Crippen LogP contribution in [-0.4, -0.2) is 19.3 Å². The zero-order valence-corrected chi connectivity index (χ0v) is 10.3. The number of rotatable bonds is 2. The van der Waals surface area contributed by atoms with Gasteiger partial charge in [-0.15, -0.1) is 0 Å². The number of hydrogen-bond donors (Lipinski definition) is 1. The third kappa shape index (κ3) is 2.19. The van der Waals surface area contributed by atoms with Crippen molar-refractivity contribution in [3.8, 4) is 0 Å². The first-order valence-corrected chi connectivity index (χ1v) is 6.78. The van der Waals surface area contributed by atoms with Gasteiger partial charge in [-0.3, -0.25) is 0 Å². The molecule has 1 aromatic rings. The molecule has 2 nitrogen and oxygen atoms in total. The molecule has 3 rings (SSSR count). The Morgan fingerprint density at radius 3 is 2.59 bits per heavy atom. The fourth-order valence-corrected chi connectivity index (χ4v) is 3.48. The van der Waals surface area contributed by atoms with E-state index < -0.39 is 0 Å². The van der Waals surface area contributed by atoms with Crippen molar-refractivity contribution in [2.75, 3.05) is 18.5 Å². The second-order valence-electron chi connectivity index (χ2n) is 5.43. The highest BCUT2D eigenvalue weighted by Gasteiger charge is 2.43. The summed E-state index contributed by atoms with van der Waals surface area (Å²) in [6.07, 6.45) is 6.52. The van der Waals surface area contributed by atoms with E-state index in [0.29, 0.717) is 11.5 Å². The van der Waals surface area contributed by atoms with E-state index in [1.54, 1.807) is 0 Å². The molecule has 1 aromatic carbocycles. The lowest BCUT2D eigenvalue weighted by atomic mass is 9.75. The van der Waals surface area contributed by atoms with Crippen molar-refractivity contribution in [2.45, 2.75) is 38.1 Å². The molecule has 1 saturated carbocycles. The van der Waals surface area contributed by atoms with E-state index >= 15 is 0 Å². The van der Waals surface area contributed by atoms with Crippen LogP contribution in [0.15, 0.2) is 30.3 Å². The average molecular weight is 231 g/mol. The van der Waals surface area contributed by atoms with Crippen LogP contribution < -0.4 is 5.32 Å². The molecule has 0 aromatic heterocycles. The Balaban J connectivity index is 1.73. The van der Waals surface area contributed by atoms with E-state index in [9.17, 15) is 0 Å². The molecule has 1 aliphatic carbocycles. The van der Waals surface area contributed by atoms with Crippen molar-refractivity contribution in [3.05, 3.63) is 30.3 Å². The van der Waals surface area contributed by atoms with Gasteiger partial charge in [-0.1, -0.05) is 24.6 Å². The quantitative estimate of drug-likeness (QED) is 0.841. The number of benzene rings is 1. The van der Waals surface area contributed by atoms with Crippen molar-refractivity contribution in [2.24, 2.45) is 5.41 Å². The molecule has 1 heterocycles. The minimum atomic E-state index is 0.508. The molecule has 92 valence electrons. The second kappa shape index (κ2) is 4.69. The Morgan fingerprint density at radius 2 is 1.82 bits per heavy atom. The Hall–Kier alpha value is -1.02. The molecule has 1 spiro atoms. The van der Waals surface area contributed by atoms with E-state index in [1.165, 1.54) is 37.8 Å². The van der Waals surface area contributed by atoms with Gasteiger partial charge < -0.3 is 10.1 Å². The second-order valence-corrected chi connectivity index (χ2v) is 5.43. The monoisotopic (exact) mass is 231 g/mol. The molecule has 0 radical (unpaired) electrons. The summed E-state index contributed by atoms with van der Waals surface area (Å²) < 4.78 is 5.53. The number of hydrogen-bond acceptors (Lipinski definition) is 2. The first-order valence-electron chi connectivity index (χ1n) is 6.78. The van der Waals surface area contributed by atoms with Crippen molar-refractivity contribution in [3.63, 3.8) is 0 Å². The molecule has 0 amide bonds. The molecular weight excluding hydrogens is 210 g/mol. The van der Waals surface area contributed by atoms with Gasteiger partial charge in [0.1, 0.15) is 0 Å². The van der Waals surface area contributed by atoms with Gasteiger partial charge in [0.15, 0.2) is 0 Å². The Kier molecular flexibility index (Phi) is 3.06. The van der Waals surface area contributed by atoms with Gasteiger partial charge >= 0.3 is 0 Å². The van der Waals surface area contributed by atoms with Gasteiger partial charge in [0.2, 0.25) is 0 Å². The summed E-state index contributed by atoms with van der Waals surface area (Å²) in [6.45, 7) is 1.90. The maximum atomic E-state index is 5.53. The predicted octanol–water partition coefficient (Wildman–Crippen LogP) is 3.45. The molecule has 1 saturated heterocycles. The molecule has 2 fully saturated rings. The largest absolute Gasteiger partial charge is 0.382 e. The fraction of sp³-hybridized carbons (Fsp3) is 0.600. The molecular formula is C15H21NO. The number of para-hydroxylation sites is 1. The van der Waals surface area contributed by atoms with E-state index in [-0.39, 0.29) is 0 Å². The van der Waals surface area contributed by atoms with E-state index in [1.807, 2.05) is 0 Å². The van der Waals surface area contributed by atoms with Crippen LogP contribution in [0.1, 0.15) is 32.1 Å². The van der Waals surface area contributed by atoms with Crippen molar-refractivity contribution in [1.29, 1.82) is 0 Å². The van der Waals surface area contributed by atoms with Crippen LogP contribution in [0.5, 0.6) is 0 Å². The zero-order chi connectivity index (χ0) is 11.6. The third-order valence-electron chi connectivity index (χ3n) is 4.51. The molecule has 1 aliphatic heterocycles. The molecule has 2 heteroatoms. The van der Waals surface area contributed by atoms with Crippen LogP contribution in [-0.2, 0) is 4.74 Å². The predicted molar refractivity (Wildman–Crippen MR) is 70.2 cm³/mol. The molecule has 1 unspecified atom stereocenters. The summed E-state index contributed by atoms with van der Waals surface area (Å²) in [5, 5.41) is 3.75. The highest BCUT2D eigenvalue weighted by atomic mass is 16.5. The van der Waals surface area contributed by atoms with E-state index in [0.717, 1.165) is 13.2 Å². The SMILES string of the molecule is c1ccc(NC2CCCC23CCOCC3)cc1. The summed E-state index contributed by atoms with van der Waals surface area (Å²) in [5.74, 6) is 0. The molecule has 1 atom stereocenters. The lowest BCUT2D eigenvalue weighted by molar-refractivity contribution is 0.0134. The zero-order valence-electron chi connectivity index (χ0n) is 10.3. The molecule has 17 heavy (non-hydrogen) atoms. The summed E-state index contributed by atoms with van der Waals surface area (Å²) in [5.41, 5.74) is 1.78. The van der Waals surface area contributed by atoms with Gasteiger partial charge in [0.05, 0.1) is 0 Å². The Labute approximate surface area is 103 Å². The van der Waals surface area contributed by atoms with Crippen LogP contribution in [0, 0.1) is 5.41 Å². The highest BCUT2D eigenvalue weighted by Crippen LogP contribution is 2.47. The number of ether oxygens (including phenoxy) is 1. The van der Waals surface area contributed by atoms with Gasteiger partial charge in [0, 0.05) is 24.9 Å². The highest BCUT2D eigenvalue weighted by molar-refractivity contribution is 5.44. The third-order valence-corrected chi connectivity index (χ3v) is 4.51. The molecule has 1 N–H and O–H groups in total.